The van der Waals surface area contributed by atoms with Crippen molar-refractivity contribution in [3.05, 3.63) is 70.8 Å². The molecule has 4 nitrogen and oxygen atoms in total. The molecule has 0 unspecified atom stereocenters. The van der Waals surface area contributed by atoms with Crippen molar-refractivity contribution in [2.75, 3.05) is 11.6 Å². The van der Waals surface area contributed by atoms with E-state index in [0.717, 1.165) is 24.4 Å². The summed E-state index contributed by atoms with van der Waals surface area (Å²) in [6.07, 6.45) is 1.95. The van der Waals surface area contributed by atoms with E-state index in [-0.39, 0.29) is 5.56 Å². The number of fused-ring (bicyclic) bond motifs is 1. The number of rotatable bonds is 2. The lowest BCUT2D eigenvalue weighted by Crippen LogP contribution is -2.42. The summed E-state index contributed by atoms with van der Waals surface area (Å²) < 4.78 is 3.50. The van der Waals surface area contributed by atoms with Crippen molar-refractivity contribution in [1.82, 2.24) is 4.57 Å². The topological polar surface area (TPSA) is 37.6 Å². The predicted octanol–water partition coefficient (Wildman–Crippen LogP) is 2.62. The second kappa shape index (κ2) is 6.07. The third-order valence-corrected chi connectivity index (χ3v) is 5.92. The van der Waals surface area contributed by atoms with Gasteiger partial charge in [-0.1, -0.05) is 39.4 Å². The van der Waals surface area contributed by atoms with Gasteiger partial charge in [-0.3, -0.25) is 9.36 Å². The van der Waals surface area contributed by atoms with Crippen LogP contribution in [0.4, 0.5) is 5.69 Å². The minimum absolute atomic E-state index is 0.0295. The number of thiazole rings is 1. The Labute approximate surface area is 148 Å². The van der Waals surface area contributed by atoms with E-state index >= 15 is 0 Å². The van der Waals surface area contributed by atoms with Gasteiger partial charge in [0.15, 0.2) is 4.80 Å². The Morgan fingerprint density at radius 1 is 1.26 bits per heavy atom. The molecule has 0 atom stereocenters. The number of halogens is 1. The zero-order valence-corrected chi connectivity index (χ0v) is 15.2. The van der Waals surface area contributed by atoms with Gasteiger partial charge in [0.05, 0.1) is 4.53 Å². The first-order valence-corrected chi connectivity index (χ1v) is 9.49. The highest BCUT2D eigenvalue weighted by Gasteiger charge is 2.16. The summed E-state index contributed by atoms with van der Waals surface area (Å²) in [6, 6.07) is 12.0. The van der Waals surface area contributed by atoms with Gasteiger partial charge in [0.25, 0.3) is 5.56 Å². The lowest BCUT2D eigenvalue weighted by molar-refractivity contribution is 0.569. The highest BCUT2D eigenvalue weighted by molar-refractivity contribution is 9.10. The number of nitrogens with zero attached hydrogens (tertiary/aromatic N) is 3. The summed E-state index contributed by atoms with van der Waals surface area (Å²) in [7, 11) is 0. The van der Waals surface area contributed by atoms with E-state index in [9.17, 15) is 4.79 Å². The third-order valence-electron chi connectivity index (χ3n) is 3.57. The summed E-state index contributed by atoms with van der Waals surface area (Å²) in [4.78, 5) is 21.2. The molecule has 1 aliphatic heterocycles. The van der Waals surface area contributed by atoms with Crippen molar-refractivity contribution in [2.24, 2.45) is 4.99 Å². The van der Waals surface area contributed by atoms with Crippen molar-refractivity contribution in [2.45, 2.75) is 6.67 Å². The summed E-state index contributed by atoms with van der Waals surface area (Å²) in [5, 5.41) is 2.01. The highest BCUT2D eigenvalue weighted by Crippen LogP contribution is 2.20. The van der Waals surface area contributed by atoms with E-state index in [4.69, 9.17) is 0 Å². The largest absolute Gasteiger partial charge is 0.334 e. The molecule has 0 N–H and O–H groups in total. The van der Waals surface area contributed by atoms with Crippen LogP contribution in [0.15, 0.2) is 56.0 Å². The lowest BCUT2D eigenvalue weighted by Gasteiger charge is -2.25. The molecule has 0 fully saturated rings. The molecule has 0 spiro atoms. The molecule has 23 heavy (non-hydrogen) atoms. The summed E-state index contributed by atoms with van der Waals surface area (Å²) in [5.41, 5.74) is 1.08. The quantitative estimate of drug-likeness (QED) is 0.656. The summed E-state index contributed by atoms with van der Waals surface area (Å²) in [6.45, 7) is 1.09. The zero-order chi connectivity index (χ0) is 15.8. The maximum Gasteiger partial charge on any atom is 0.271 e. The number of benzene rings is 1. The predicted molar refractivity (Wildman–Crippen MR) is 98.7 cm³/mol. The van der Waals surface area contributed by atoms with E-state index in [1.54, 1.807) is 15.9 Å². The number of anilines is 1. The van der Waals surface area contributed by atoms with Crippen LogP contribution >= 0.6 is 38.6 Å². The van der Waals surface area contributed by atoms with E-state index in [1.165, 1.54) is 11.3 Å². The Bertz CT molecular complexity index is 1020. The molecule has 0 saturated carbocycles. The Morgan fingerprint density at radius 3 is 2.96 bits per heavy atom. The first-order valence-electron chi connectivity index (χ1n) is 7.00. The molecule has 3 aromatic rings. The molecule has 116 valence electrons. The van der Waals surface area contributed by atoms with Gasteiger partial charge >= 0.3 is 0 Å². The van der Waals surface area contributed by atoms with Crippen LogP contribution in [0.1, 0.15) is 4.88 Å². The number of aromatic nitrogens is 1. The highest BCUT2D eigenvalue weighted by atomic mass is 79.9. The van der Waals surface area contributed by atoms with Gasteiger partial charge in [-0.15, -0.1) is 11.3 Å². The molecule has 0 aliphatic carbocycles. The molecule has 2 aromatic heterocycles. The van der Waals surface area contributed by atoms with Gasteiger partial charge in [0, 0.05) is 15.0 Å². The fraction of sp³-hybridized carbons (Fsp3) is 0.125. The van der Waals surface area contributed by atoms with E-state index in [1.807, 2.05) is 47.9 Å². The Balaban J connectivity index is 1.74. The average molecular weight is 406 g/mol. The molecule has 0 radical (unpaired) electrons. The fourth-order valence-corrected chi connectivity index (χ4v) is 4.52. The normalized spacial score (nSPS) is 14.7. The molecule has 1 aliphatic rings. The van der Waals surface area contributed by atoms with Crippen LogP contribution in [0.25, 0.3) is 6.08 Å². The van der Waals surface area contributed by atoms with E-state index in [0.29, 0.717) is 13.3 Å². The van der Waals surface area contributed by atoms with Gasteiger partial charge < -0.3 is 4.90 Å². The molecular formula is C16H12BrN3OS2. The first kappa shape index (κ1) is 14.9. The zero-order valence-electron chi connectivity index (χ0n) is 12.0. The summed E-state index contributed by atoms with van der Waals surface area (Å²) >= 11 is 6.57. The van der Waals surface area contributed by atoms with Crippen molar-refractivity contribution >= 4 is 50.4 Å². The fourth-order valence-electron chi connectivity index (χ4n) is 2.45. The SMILES string of the molecule is O=c1c(=Cc2cccs2)sc2n1CN(c1cccc(Br)c1)CN=2. The van der Waals surface area contributed by atoms with Gasteiger partial charge in [-0.2, -0.15) is 0 Å². The van der Waals surface area contributed by atoms with Crippen molar-refractivity contribution in [3.8, 4) is 0 Å². The van der Waals surface area contributed by atoms with Crippen LogP contribution in [-0.2, 0) is 6.67 Å². The molecule has 7 heteroatoms. The number of hydrogen-bond donors (Lipinski definition) is 0. The number of thiophene rings is 1. The molecule has 3 heterocycles. The third kappa shape index (κ3) is 2.91. The lowest BCUT2D eigenvalue weighted by atomic mass is 10.3. The Morgan fingerprint density at radius 2 is 2.17 bits per heavy atom. The van der Waals surface area contributed by atoms with Crippen LogP contribution in [0, 0.1) is 0 Å². The molecular weight excluding hydrogens is 394 g/mol. The van der Waals surface area contributed by atoms with Gasteiger partial charge in [-0.25, -0.2) is 4.99 Å². The van der Waals surface area contributed by atoms with Crippen LogP contribution in [0.2, 0.25) is 0 Å². The second-order valence-corrected chi connectivity index (χ2v) is 8.01. The molecule has 1 aromatic carbocycles. The average Bonchev–Trinajstić information content (AvgIpc) is 3.17. The van der Waals surface area contributed by atoms with Crippen LogP contribution in [0.3, 0.4) is 0 Å². The summed E-state index contributed by atoms with van der Waals surface area (Å²) in [5.74, 6) is 0. The van der Waals surface area contributed by atoms with Crippen LogP contribution in [0.5, 0.6) is 0 Å². The second-order valence-electron chi connectivity index (χ2n) is 5.10. The van der Waals surface area contributed by atoms with Gasteiger partial charge in [0.1, 0.15) is 13.3 Å². The van der Waals surface area contributed by atoms with Crippen molar-refractivity contribution in [1.29, 1.82) is 0 Å². The smallest absolute Gasteiger partial charge is 0.271 e. The van der Waals surface area contributed by atoms with Crippen molar-refractivity contribution in [3.63, 3.8) is 0 Å². The van der Waals surface area contributed by atoms with Crippen LogP contribution in [-0.4, -0.2) is 11.2 Å². The molecule has 0 saturated heterocycles. The minimum Gasteiger partial charge on any atom is -0.334 e. The van der Waals surface area contributed by atoms with Gasteiger partial charge in [0.2, 0.25) is 0 Å². The molecule has 4 rings (SSSR count). The molecule has 0 bridgehead atoms. The minimum atomic E-state index is 0.0295. The maximum atomic E-state index is 12.6. The number of hydrogen-bond acceptors (Lipinski definition) is 5. The van der Waals surface area contributed by atoms with E-state index in [2.05, 4.69) is 25.8 Å². The van der Waals surface area contributed by atoms with Crippen molar-refractivity contribution < 1.29 is 0 Å². The standard InChI is InChI=1S/C16H12BrN3OS2/c17-11-3-1-4-12(7-11)19-9-18-16-20(10-19)15(21)14(23-16)8-13-5-2-6-22-13/h1-8H,9-10H2. The van der Waals surface area contributed by atoms with E-state index < -0.39 is 0 Å². The maximum absolute atomic E-state index is 12.6. The molecule has 0 amide bonds. The first-order chi connectivity index (χ1) is 11.2. The Hall–Kier alpha value is -1.70. The monoisotopic (exact) mass is 405 g/mol. The Kier molecular flexibility index (Phi) is 3.92. The van der Waals surface area contributed by atoms with Gasteiger partial charge in [-0.05, 0) is 35.7 Å². The van der Waals surface area contributed by atoms with Crippen LogP contribution < -0.4 is 19.8 Å².